The summed E-state index contributed by atoms with van der Waals surface area (Å²) in [6, 6.07) is 13.2. The van der Waals surface area contributed by atoms with Crippen molar-refractivity contribution < 1.29 is 9.21 Å². The second kappa shape index (κ2) is 6.57. The van der Waals surface area contributed by atoms with E-state index in [1.807, 2.05) is 24.3 Å². The number of anilines is 1. The number of para-hydroxylation sites is 1. The van der Waals surface area contributed by atoms with Crippen molar-refractivity contribution in [3.8, 4) is 11.5 Å². The fraction of sp³-hybridized carbons (Fsp3) is 0.111. The summed E-state index contributed by atoms with van der Waals surface area (Å²) in [6.07, 6.45) is 1.52. The molecule has 3 heterocycles. The Kier molecular flexibility index (Phi) is 4.10. The van der Waals surface area contributed by atoms with Crippen molar-refractivity contribution in [2.75, 3.05) is 5.32 Å². The van der Waals surface area contributed by atoms with Crippen LogP contribution in [0.15, 0.2) is 64.0 Å². The number of benzene rings is 1. The number of aromatic nitrogens is 3. The van der Waals surface area contributed by atoms with Gasteiger partial charge in [-0.25, -0.2) is 9.67 Å². The third-order valence-corrected chi connectivity index (χ3v) is 4.82. The minimum atomic E-state index is -0.801. The molecule has 0 spiro atoms. The number of carbonyl (C=O) groups is 1. The monoisotopic (exact) mass is 366 g/mol. The highest BCUT2D eigenvalue weighted by Crippen LogP contribution is 2.26. The minimum absolute atomic E-state index is 0.366. The zero-order valence-electron chi connectivity index (χ0n) is 13.7. The van der Waals surface area contributed by atoms with Crippen molar-refractivity contribution in [3.05, 3.63) is 65.1 Å². The topological polar surface area (TPSA) is 90.0 Å². The Morgan fingerprint density at radius 3 is 2.81 bits per heavy atom. The number of fused-ring (bicyclic) bond motifs is 1. The van der Waals surface area contributed by atoms with Gasteiger partial charge in [-0.1, -0.05) is 23.5 Å². The molecule has 3 aromatic heterocycles. The summed E-state index contributed by atoms with van der Waals surface area (Å²) in [5, 5.41) is 7.49. The van der Waals surface area contributed by atoms with Crippen LogP contribution in [0.5, 0.6) is 0 Å². The van der Waals surface area contributed by atoms with Crippen LogP contribution < -0.4 is 10.9 Å². The fourth-order valence-electron chi connectivity index (χ4n) is 2.51. The molecule has 1 unspecified atom stereocenters. The molecule has 0 fully saturated rings. The van der Waals surface area contributed by atoms with Gasteiger partial charge in [0, 0.05) is 6.07 Å². The molecule has 4 aromatic rings. The van der Waals surface area contributed by atoms with Crippen molar-refractivity contribution in [2.24, 2.45) is 0 Å². The molecular formula is C18H14N4O3S. The van der Waals surface area contributed by atoms with E-state index in [9.17, 15) is 9.59 Å². The Morgan fingerprint density at radius 2 is 2.04 bits per heavy atom. The van der Waals surface area contributed by atoms with Crippen molar-refractivity contribution in [1.29, 1.82) is 0 Å². The summed E-state index contributed by atoms with van der Waals surface area (Å²) in [4.78, 5) is 29.1. The number of furan rings is 1. The summed E-state index contributed by atoms with van der Waals surface area (Å²) >= 11 is 1.38. The molecule has 1 atom stereocenters. The minimum Gasteiger partial charge on any atom is -0.463 e. The van der Waals surface area contributed by atoms with E-state index in [4.69, 9.17) is 4.42 Å². The molecule has 0 saturated carbocycles. The molecule has 0 bridgehead atoms. The van der Waals surface area contributed by atoms with Crippen LogP contribution in [0.1, 0.15) is 13.0 Å². The molecular weight excluding hydrogens is 352 g/mol. The van der Waals surface area contributed by atoms with E-state index in [0.717, 1.165) is 14.9 Å². The van der Waals surface area contributed by atoms with E-state index in [-0.39, 0.29) is 11.5 Å². The van der Waals surface area contributed by atoms with Gasteiger partial charge in [0.1, 0.15) is 11.7 Å². The van der Waals surface area contributed by atoms with Gasteiger partial charge in [0.15, 0.2) is 10.9 Å². The van der Waals surface area contributed by atoms with Gasteiger partial charge < -0.3 is 9.73 Å². The maximum atomic E-state index is 12.6. The van der Waals surface area contributed by atoms with E-state index in [2.05, 4.69) is 15.4 Å². The van der Waals surface area contributed by atoms with Gasteiger partial charge in [-0.15, -0.1) is 0 Å². The van der Waals surface area contributed by atoms with Crippen LogP contribution in [0.25, 0.3) is 21.7 Å². The predicted molar refractivity (Wildman–Crippen MR) is 99.2 cm³/mol. The number of carbonyl (C=O) groups excluding carboxylic acids is 1. The molecule has 1 amide bonds. The van der Waals surface area contributed by atoms with Crippen molar-refractivity contribution in [1.82, 2.24) is 14.8 Å². The lowest BCUT2D eigenvalue weighted by Gasteiger charge is -2.13. The average Bonchev–Trinajstić information content (AvgIpc) is 3.30. The summed E-state index contributed by atoms with van der Waals surface area (Å²) in [5.41, 5.74) is 0.928. The molecule has 0 aliphatic rings. The van der Waals surface area contributed by atoms with Crippen LogP contribution in [0.2, 0.25) is 0 Å². The quantitative estimate of drug-likeness (QED) is 0.598. The zero-order valence-corrected chi connectivity index (χ0v) is 14.6. The predicted octanol–water partition coefficient (Wildman–Crippen LogP) is 3.31. The number of rotatable bonds is 4. The molecule has 4 rings (SSSR count). The van der Waals surface area contributed by atoms with Gasteiger partial charge in [-0.2, -0.15) is 5.10 Å². The van der Waals surface area contributed by atoms with Crippen molar-refractivity contribution in [3.63, 3.8) is 0 Å². The lowest BCUT2D eigenvalue weighted by molar-refractivity contribution is -0.119. The Hall–Kier alpha value is -3.26. The second-order valence-electron chi connectivity index (χ2n) is 5.63. The highest BCUT2D eigenvalue weighted by Gasteiger charge is 2.20. The Balaban J connectivity index is 1.60. The summed E-state index contributed by atoms with van der Waals surface area (Å²) in [7, 11) is 0. The molecule has 7 nitrogen and oxygen atoms in total. The maximum Gasteiger partial charge on any atom is 0.267 e. The molecule has 0 saturated heterocycles. The first-order valence-electron chi connectivity index (χ1n) is 7.92. The Labute approximate surface area is 151 Å². The molecule has 1 aromatic carbocycles. The van der Waals surface area contributed by atoms with Gasteiger partial charge in [-0.05, 0) is 37.3 Å². The molecule has 0 aliphatic carbocycles. The third-order valence-electron chi connectivity index (χ3n) is 3.87. The average molecular weight is 366 g/mol. The smallest absolute Gasteiger partial charge is 0.267 e. The van der Waals surface area contributed by atoms with Gasteiger partial charge in [0.05, 0.1) is 16.5 Å². The lowest BCUT2D eigenvalue weighted by atomic mass is 10.3. The van der Waals surface area contributed by atoms with Gasteiger partial charge >= 0.3 is 0 Å². The van der Waals surface area contributed by atoms with Gasteiger partial charge in [-0.3, -0.25) is 9.59 Å². The van der Waals surface area contributed by atoms with Crippen LogP contribution in [0.3, 0.4) is 0 Å². The van der Waals surface area contributed by atoms with E-state index in [1.165, 1.54) is 23.7 Å². The first-order valence-corrected chi connectivity index (χ1v) is 8.73. The molecule has 0 radical (unpaired) electrons. The fourth-order valence-corrected chi connectivity index (χ4v) is 3.37. The van der Waals surface area contributed by atoms with Crippen LogP contribution in [-0.4, -0.2) is 20.7 Å². The molecule has 8 heteroatoms. The van der Waals surface area contributed by atoms with E-state index in [0.29, 0.717) is 16.6 Å². The number of nitrogens with zero attached hydrogens (tertiary/aromatic N) is 3. The largest absolute Gasteiger partial charge is 0.463 e. The summed E-state index contributed by atoms with van der Waals surface area (Å²) in [6.45, 7) is 1.61. The van der Waals surface area contributed by atoms with E-state index < -0.39 is 6.04 Å². The first kappa shape index (κ1) is 16.2. The molecule has 26 heavy (non-hydrogen) atoms. The number of amides is 1. The molecule has 0 aliphatic heterocycles. The Morgan fingerprint density at radius 1 is 1.19 bits per heavy atom. The van der Waals surface area contributed by atoms with Crippen LogP contribution in [0, 0.1) is 0 Å². The number of hydrogen-bond donors (Lipinski definition) is 1. The van der Waals surface area contributed by atoms with Crippen molar-refractivity contribution in [2.45, 2.75) is 13.0 Å². The SMILES string of the molecule is CC(C(=O)Nc1nc2ccccc2s1)n1nc(-c2ccco2)ccc1=O. The highest BCUT2D eigenvalue weighted by molar-refractivity contribution is 7.22. The summed E-state index contributed by atoms with van der Waals surface area (Å²) < 4.78 is 7.41. The van der Waals surface area contributed by atoms with Crippen LogP contribution in [-0.2, 0) is 4.79 Å². The molecule has 130 valence electrons. The number of nitrogens with one attached hydrogen (secondary N) is 1. The standard InChI is InChI=1S/C18H14N4O3S/c1-11(17(24)20-18-19-13-5-2-3-7-15(13)26-18)22-16(23)9-8-12(21-22)14-6-4-10-25-14/h2-11H,1H3,(H,19,20,24). The number of thiazole rings is 1. The van der Waals surface area contributed by atoms with Crippen LogP contribution in [0.4, 0.5) is 5.13 Å². The number of hydrogen-bond acceptors (Lipinski definition) is 6. The van der Waals surface area contributed by atoms with Gasteiger partial charge in [0.2, 0.25) is 0 Å². The summed E-state index contributed by atoms with van der Waals surface area (Å²) in [5.74, 6) is 0.160. The van der Waals surface area contributed by atoms with Crippen LogP contribution >= 0.6 is 11.3 Å². The van der Waals surface area contributed by atoms with Gasteiger partial charge in [0.25, 0.3) is 11.5 Å². The lowest BCUT2D eigenvalue weighted by Crippen LogP contribution is -2.33. The normalized spacial score (nSPS) is 12.2. The zero-order chi connectivity index (χ0) is 18.1. The van der Waals surface area contributed by atoms with E-state index >= 15 is 0 Å². The first-order chi connectivity index (χ1) is 12.6. The Bertz CT molecular complexity index is 1100. The second-order valence-corrected chi connectivity index (χ2v) is 6.66. The highest BCUT2D eigenvalue weighted by atomic mass is 32.1. The molecule has 1 N–H and O–H groups in total. The van der Waals surface area contributed by atoms with Crippen molar-refractivity contribution >= 4 is 32.6 Å². The maximum absolute atomic E-state index is 12.6. The third kappa shape index (κ3) is 3.02. The van der Waals surface area contributed by atoms with E-state index in [1.54, 1.807) is 25.1 Å².